The van der Waals surface area contributed by atoms with Crippen molar-refractivity contribution < 1.29 is 9.59 Å². The Labute approximate surface area is 195 Å². The van der Waals surface area contributed by atoms with Crippen LogP contribution in [0.3, 0.4) is 0 Å². The molecule has 7 heteroatoms. The maximum absolute atomic E-state index is 13.1. The number of halogens is 1. The lowest BCUT2D eigenvalue weighted by Crippen LogP contribution is -2.36. The molecule has 3 aromatic rings. The molecule has 1 aliphatic heterocycles. The summed E-state index contributed by atoms with van der Waals surface area (Å²) in [5.74, 6) is -0.419. The number of nitrogens with zero attached hydrogens (tertiary/aromatic N) is 3. The Balaban J connectivity index is 1.28. The van der Waals surface area contributed by atoms with Gasteiger partial charge in [-0.05, 0) is 52.9 Å². The number of carbonyl (C=O) groups excluding carboxylic acids is 2. The molecule has 164 valence electrons. The first kappa shape index (κ1) is 20.9. The highest BCUT2D eigenvalue weighted by atomic mass is 79.9. The molecule has 1 saturated heterocycles. The molecule has 2 aliphatic rings. The second kappa shape index (κ2) is 8.90. The number of rotatable bonds is 5. The van der Waals surface area contributed by atoms with Crippen LogP contribution in [0.25, 0.3) is 0 Å². The van der Waals surface area contributed by atoms with Gasteiger partial charge in [-0.2, -0.15) is 5.10 Å². The molecule has 0 spiro atoms. The first-order valence-corrected chi connectivity index (χ1v) is 11.8. The van der Waals surface area contributed by atoms with Crippen molar-refractivity contribution in [1.29, 1.82) is 0 Å². The van der Waals surface area contributed by atoms with Gasteiger partial charge in [0.25, 0.3) is 0 Å². The molecule has 2 unspecified atom stereocenters. The minimum atomic E-state index is -0.348. The van der Waals surface area contributed by atoms with E-state index in [1.807, 2.05) is 48.7 Å². The second-order valence-corrected chi connectivity index (χ2v) is 9.35. The van der Waals surface area contributed by atoms with Gasteiger partial charge < -0.3 is 10.2 Å². The van der Waals surface area contributed by atoms with Crippen molar-refractivity contribution in [3.05, 3.63) is 82.1 Å². The van der Waals surface area contributed by atoms with E-state index in [9.17, 15) is 9.59 Å². The predicted molar refractivity (Wildman–Crippen MR) is 126 cm³/mol. The average molecular weight is 493 g/mol. The van der Waals surface area contributed by atoms with Gasteiger partial charge in [-0.3, -0.25) is 14.3 Å². The summed E-state index contributed by atoms with van der Waals surface area (Å²) in [5, 5.41) is 7.84. The van der Waals surface area contributed by atoms with E-state index in [0.717, 1.165) is 41.5 Å². The van der Waals surface area contributed by atoms with Crippen LogP contribution in [0.15, 0.2) is 65.3 Å². The van der Waals surface area contributed by atoms with Crippen molar-refractivity contribution in [2.24, 2.45) is 5.92 Å². The molecule has 0 radical (unpaired) electrons. The van der Waals surface area contributed by atoms with Crippen LogP contribution in [0, 0.1) is 5.92 Å². The monoisotopic (exact) mass is 492 g/mol. The first-order chi connectivity index (χ1) is 15.6. The van der Waals surface area contributed by atoms with Crippen molar-refractivity contribution in [2.75, 3.05) is 11.4 Å². The van der Waals surface area contributed by atoms with Gasteiger partial charge in [-0.1, -0.05) is 42.5 Å². The third-order valence-corrected chi connectivity index (χ3v) is 7.06. The molecule has 0 bridgehead atoms. The maximum atomic E-state index is 13.1. The molecule has 2 atom stereocenters. The fraction of sp³-hybridized carbons (Fsp3) is 0.320. The van der Waals surface area contributed by atoms with Crippen molar-refractivity contribution in [1.82, 2.24) is 15.1 Å². The number of carbonyl (C=O) groups is 2. The van der Waals surface area contributed by atoms with Crippen LogP contribution >= 0.6 is 15.9 Å². The summed E-state index contributed by atoms with van der Waals surface area (Å²) < 4.78 is 2.91. The molecule has 2 amide bonds. The topological polar surface area (TPSA) is 67.2 Å². The summed E-state index contributed by atoms with van der Waals surface area (Å²) in [6.45, 7) is 1.13. The predicted octanol–water partition coefficient (Wildman–Crippen LogP) is 4.24. The SMILES string of the molecule is O=C(NC1CCCc2c1cnn2Cc1ccccc1)C1CC(=O)N(c2ccccc2Br)C1. The van der Waals surface area contributed by atoms with Gasteiger partial charge >= 0.3 is 0 Å². The highest BCUT2D eigenvalue weighted by molar-refractivity contribution is 9.10. The summed E-state index contributed by atoms with van der Waals surface area (Å²) in [7, 11) is 0. The zero-order chi connectivity index (χ0) is 22.1. The molecule has 1 aliphatic carbocycles. The minimum Gasteiger partial charge on any atom is -0.349 e. The van der Waals surface area contributed by atoms with E-state index in [1.54, 1.807) is 4.90 Å². The lowest BCUT2D eigenvalue weighted by atomic mass is 9.92. The number of para-hydroxylation sites is 1. The number of anilines is 1. The van der Waals surface area contributed by atoms with Crippen LogP contribution < -0.4 is 10.2 Å². The van der Waals surface area contributed by atoms with Crippen LogP contribution in [-0.2, 0) is 22.6 Å². The Hall–Kier alpha value is -2.93. The van der Waals surface area contributed by atoms with Crippen LogP contribution in [0.1, 0.15) is 42.1 Å². The number of amides is 2. The molecule has 5 rings (SSSR count). The van der Waals surface area contributed by atoms with Gasteiger partial charge in [-0.15, -0.1) is 0 Å². The summed E-state index contributed by atoms with van der Waals surface area (Å²) in [4.78, 5) is 27.4. The Kier molecular flexibility index (Phi) is 5.83. The fourth-order valence-electron chi connectivity index (χ4n) is 4.74. The molecule has 2 heterocycles. The number of hydrogen-bond acceptors (Lipinski definition) is 3. The zero-order valence-electron chi connectivity index (χ0n) is 17.7. The lowest BCUT2D eigenvalue weighted by molar-refractivity contribution is -0.127. The summed E-state index contributed by atoms with van der Waals surface area (Å²) in [5.41, 5.74) is 4.33. The molecule has 0 saturated carbocycles. The van der Waals surface area contributed by atoms with Crippen molar-refractivity contribution in [2.45, 2.75) is 38.3 Å². The number of nitrogens with one attached hydrogen (secondary N) is 1. The first-order valence-electron chi connectivity index (χ1n) is 11.0. The molecule has 6 nitrogen and oxygen atoms in total. The van der Waals surface area contributed by atoms with Crippen molar-refractivity contribution in [3.63, 3.8) is 0 Å². The normalized spacial score (nSPS) is 20.3. The quantitative estimate of drug-likeness (QED) is 0.578. The molecule has 1 N–H and O–H groups in total. The van der Waals surface area contributed by atoms with Crippen LogP contribution in [-0.4, -0.2) is 28.1 Å². The molecule has 1 aromatic heterocycles. The summed E-state index contributed by atoms with van der Waals surface area (Å²) >= 11 is 3.51. The Morgan fingerprint density at radius 2 is 1.91 bits per heavy atom. The summed E-state index contributed by atoms with van der Waals surface area (Å²) in [6, 6.07) is 17.9. The van der Waals surface area contributed by atoms with Crippen LogP contribution in [0.2, 0.25) is 0 Å². The van der Waals surface area contributed by atoms with Crippen molar-refractivity contribution in [3.8, 4) is 0 Å². The fourth-order valence-corrected chi connectivity index (χ4v) is 5.24. The third kappa shape index (κ3) is 4.09. The van der Waals surface area contributed by atoms with Gasteiger partial charge in [0.2, 0.25) is 11.8 Å². The van der Waals surface area contributed by atoms with E-state index < -0.39 is 0 Å². The van der Waals surface area contributed by atoms with E-state index >= 15 is 0 Å². The maximum Gasteiger partial charge on any atom is 0.227 e. The van der Waals surface area contributed by atoms with Gasteiger partial charge in [0.05, 0.1) is 30.4 Å². The standard InChI is InChI=1S/C25H25BrN4O2/c26-20-9-4-5-11-23(20)29-16-18(13-24(29)31)25(32)28-21-10-6-12-22-19(21)14-27-30(22)15-17-7-2-1-3-8-17/h1-5,7-9,11,14,18,21H,6,10,12-13,15-16H2,(H,28,32). The number of hydrogen-bond donors (Lipinski definition) is 1. The Bertz CT molecular complexity index is 1140. The van der Waals surface area contributed by atoms with Crippen LogP contribution in [0.5, 0.6) is 0 Å². The van der Waals surface area contributed by atoms with E-state index in [1.165, 1.54) is 11.3 Å². The molecule has 2 aromatic carbocycles. The van der Waals surface area contributed by atoms with Gasteiger partial charge in [0.15, 0.2) is 0 Å². The zero-order valence-corrected chi connectivity index (χ0v) is 19.3. The molecular formula is C25H25BrN4O2. The Morgan fingerprint density at radius 3 is 2.72 bits per heavy atom. The van der Waals surface area contributed by atoms with E-state index in [4.69, 9.17) is 0 Å². The van der Waals surface area contributed by atoms with Crippen LogP contribution in [0.4, 0.5) is 5.69 Å². The lowest BCUT2D eigenvalue weighted by Gasteiger charge is -2.25. The second-order valence-electron chi connectivity index (χ2n) is 8.50. The van der Waals surface area contributed by atoms with E-state index in [0.29, 0.717) is 6.54 Å². The average Bonchev–Trinajstić information content (AvgIpc) is 3.39. The van der Waals surface area contributed by atoms with Gasteiger partial charge in [0, 0.05) is 28.7 Å². The number of fused-ring (bicyclic) bond motifs is 1. The molecule has 1 fully saturated rings. The minimum absolute atomic E-state index is 0.0166. The smallest absolute Gasteiger partial charge is 0.227 e. The van der Waals surface area contributed by atoms with E-state index in [-0.39, 0.29) is 30.2 Å². The third-order valence-electron chi connectivity index (χ3n) is 6.39. The number of benzene rings is 2. The van der Waals surface area contributed by atoms with E-state index in [2.05, 4.69) is 43.2 Å². The molecular weight excluding hydrogens is 468 g/mol. The number of aromatic nitrogens is 2. The Morgan fingerprint density at radius 1 is 1.12 bits per heavy atom. The van der Waals surface area contributed by atoms with Gasteiger partial charge in [0.1, 0.15) is 0 Å². The van der Waals surface area contributed by atoms with Gasteiger partial charge in [-0.25, -0.2) is 0 Å². The largest absolute Gasteiger partial charge is 0.349 e. The highest BCUT2D eigenvalue weighted by Crippen LogP contribution is 2.33. The summed E-state index contributed by atoms with van der Waals surface area (Å²) in [6.07, 6.45) is 5.00. The van der Waals surface area contributed by atoms with Crippen molar-refractivity contribution >= 4 is 33.4 Å². The molecule has 32 heavy (non-hydrogen) atoms. The highest BCUT2D eigenvalue weighted by Gasteiger charge is 2.37.